The third kappa shape index (κ3) is 3.13. The first-order valence-electron chi connectivity index (χ1n) is 11.1. The number of fused-ring (bicyclic) bond motifs is 3. The molecule has 0 spiro atoms. The van der Waals surface area contributed by atoms with Crippen molar-refractivity contribution >= 4 is 0 Å². The van der Waals surface area contributed by atoms with Gasteiger partial charge in [-0.2, -0.15) is 0 Å². The molecule has 4 nitrogen and oxygen atoms in total. The summed E-state index contributed by atoms with van der Waals surface area (Å²) >= 11 is 0. The fourth-order valence-electron chi connectivity index (χ4n) is 4.85. The van der Waals surface area contributed by atoms with E-state index in [0.717, 1.165) is 11.6 Å². The van der Waals surface area contributed by atoms with E-state index in [4.69, 9.17) is 0 Å². The zero-order valence-electron chi connectivity index (χ0n) is 19.3. The summed E-state index contributed by atoms with van der Waals surface area (Å²) in [6, 6.07) is 17.4. The van der Waals surface area contributed by atoms with Gasteiger partial charge >= 0.3 is 0 Å². The van der Waals surface area contributed by atoms with E-state index in [2.05, 4.69) is 91.0 Å². The van der Waals surface area contributed by atoms with Gasteiger partial charge in [0.15, 0.2) is 0 Å². The Morgan fingerprint density at radius 3 is 1.97 bits per heavy atom. The molecule has 1 aliphatic rings. The van der Waals surface area contributed by atoms with Crippen molar-refractivity contribution in [3.8, 4) is 11.1 Å². The first-order chi connectivity index (χ1) is 15.3. The highest BCUT2D eigenvalue weighted by atomic mass is 14.9. The van der Waals surface area contributed by atoms with E-state index >= 15 is 0 Å². The van der Waals surface area contributed by atoms with Crippen LogP contribution in [0.15, 0.2) is 73.3 Å². The topological polar surface area (TPSA) is 51.6 Å². The molecule has 5 rings (SSSR count). The predicted molar refractivity (Wildman–Crippen MR) is 128 cm³/mol. The van der Waals surface area contributed by atoms with E-state index in [1.165, 1.54) is 33.4 Å². The van der Waals surface area contributed by atoms with Gasteiger partial charge in [0.2, 0.25) is 0 Å². The SMILES string of the molecule is CC(c1ccc2c(c1)C(C)(C)c1cc(C(C)(C)c3ncccn3)ccc1-2)c1ncccn1. The van der Waals surface area contributed by atoms with Crippen LogP contribution in [0.1, 0.15) is 74.4 Å². The molecule has 2 aromatic heterocycles. The highest BCUT2D eigenvalue weighted by Crippen LogP contribution is 2.50. The van der Waals surface area contributed by atoms with E-state index in [1.54, 1.807) is 0 Å². The maximum atomic E-state index is 4.53. The average molecular weight is 421 g/mol. The molecule has 0 amide bonds. The number of hydrogen-bond donors (Lipinski definition) is 0. The van der Waals surface area contributed by atoms with Crippen LogP contribution in [0.3, 0.4) is 0 Å². The van der Waals surface area contributed by atoms with Crippen LogP contribution >= 0.6 is 0 Å². The summed E-state index contributed by atoms with van der Waals surface area (Å²) in [5, 5.41) is 0. The van der Waals surface area contributed by atoms with Crippen LogP contribution in [0.2, 0.25) is 0 Å². The fourth-order valence-corrected chi connectivity index (χ4v) is 4.85. The van der Waals surface area contributed by atoms with Gasteiger partial charge in [0, 0.05) is 41.5 Å². The normalized spacial score (nSPS) is 15.2. The molecule has 160 valence electrons. The molecule has 1 atom stereocenters. The lowest BCUT2D eigenvalue weighted by Crippen LogP contribution is -2.23. The Kier molecular flexibility index (Phi) is 4.70. The quantitative estimate of drug-likeness (QED) is 0.403. The molecule has 0 aliphatic heterocycles. The van der Waals surface area contributed by atoms with Crippen molar-refractivity contribution in [1.82, 2.24) is 19.9 Å². The second kappa shape index (κ2) is 7.33. The van der Waals surface area contributed by atoms with Crippen molar-refractivity contribution in [3.63, 3.8) is 0 Å². The number of nitrogens with zero attached hydrogens (tertiary/aromatic N) is 4. The van der Waals surface area contributed by atoms with Gasteiger partial charge in [-0.15, -0.1) is 0 Å². The smallest absolute Gasteiger partial charge is 0.138 e. The van der Waals surface area contributed by atoms with Crippen LogP contribution in [0, 0.1) is 0 Å². The summed E-state index contributed by atoms with van der Waals surface area (Å²) in [5.41, 5.74) is 7.45. The first-order valence-corrected chi connectivity index (χ1v) is 11.1. The van der Waals surface area contributed by atoms with Crippen LogP contribution < -0.4 is 0 Å². The molecule has 1 unspecified atom stereocenters. The van der Waals surface area contributed by atoms with Crippen LogP contribution in [-0.2, 0) is 10.8 Å². The van der Waals surface area contributed by atoms with Gasteiger partial charge in [0.1, 0.15) is 11.6 Å². The van der Waals surface area contributed by atoms with Crippen LogP contribution in [-0.4, -0.2) is 19.9 Å². The summed E-state index contributed by atoms with van der Waals surface area (Å²) < 4.78 is 0. The molecule has 32 heavy (non-hydrogen) atoms. The third-order valence-electron chi connectivity index (χ3n) is 7.02. The largest absolute Gasteiger partial charge is 0.241 e. The summed E-state index contributed by atoms with van der Waals surface area (Å²) in [7, 11) is 0. The lowest BCUT2D eigenvalue weighted by atomic mass is 9.77. The molecule has 4 aromatic rings. The average Bonchev–Trinajstić information content (AvgIpc) is 3.06. The lowest BCUT2D eigenvalue weighted by Gasteiger charge is -2.27. The molecule has 2 aromatic carbocycles. The fraction of sp³-hybridized carbons (Fsp3) is 0.286. The number of aromatic nitrogens is 4. The maximum Gasteiger partial charge on any atom is 0.138 e. The molecule has 0 saturated carbocycles. The standard InChI is InChI=1S/C28H28N4/c1-18(25-29-12-6-13-30-25)19-8-10-21-22-11-9-20(17-24(22)28(4,5)23(21)16-19)27(2,3)26-31-14-7-15-32-26/h6-18H,1-5H3. The van der Waals surface area contributed by atoms with Crippen LogP contribution in [0.4, 0.5) is 0 Å². The molecule has 2 heterocycles. The minimum absolute atomic E-state index is 0.0957. The summed E-state index contributed by atoms with van der Waals surface area (Å²) in [6.45, 7) is 11.2. The molecule has 0 bridgehead atoms. The van der Waals surface area contributed by atoms with Crippen molar-refractivity contribution < 1.29 is 0 Å². The Morgan fingerprint density at radius 1 is 0.750 bits per heavy atom. The van der Waals surface area contributed by atoms with E-state index in [0.29, 0.717) is 0 Å². The molecule has 0 saturated heterocycles. The summed E-state index contributed by atoms with van der Waals surface area (Å²) in [5.74, 6) is 1.84. The predicted octanol–water partition coefficient (Wildman–Crippen LogP) is 6.05. The van der Waals surface area contributed by atoms with E-state index in [9.17, 15) is 0 Å². The number of hydrogen-bond acceptors (Lipinski definition) is 4. The lowest BCUT2D eigenvalue weighted by molar-refractivity contribution is 0.584. The Hall–Kier alpha value is -3.40. The molecule has 1 aliphatic carbocycles. The van der Waals surface area contributed by atoms with Crippen molar-refractivity contribution in [3.05, 3.63) is 107 Å². The summed E-state index contributed by atoms with van der Waals surface area (Å²) in [4.78, 5) is 18.0. The van der Waals surface area contributed by atoms with Crippen molar-refractivity contribution in [2.75, 3.05) is 0 Å². The van der Waals surface area contributed by atoms with Crippen LogP contribution in [0.25, 0.3) is 11.1 Å². The zero-order valence-corrected chi connectivity index (χ0v) is 19.3. The van der Waals surface area contributed by atoms with Gasteiger partial charge in [-0.3, -0.25) is 0 Å². The molecule has 0 fully saturated rings. The number of benzene rings is 2. The first kappa shape index (κ1) is 20.5. The van der Waals surface area contributed by atoms with Crippen molar-refractivity contribution in [1.29, 1.82) is 0 Å². The minimum atomic E-state index is -0.272. The van der Waals surface area contributed by atoms with Gasteiger partial charge < -0.3 is 0 Å². The molecule has 0 radical (unpaired) electrons. The van der Waals surface area contributed by atoms with Crippen LogP contribution in [0.5, 0.6) is 0 Å². The third-order valence-corrected chi connectivity index (χ3v) is 7.02. The molecule has 4 heteroatoms. The maximum absolute atomic E-state index is 4.53. The minimum Gasteiger partial charge on any atom is -0.241 e. The van der Waals surface area contributed by atoms with E-state index in [1.807, 2.05) is 36.9 Å². The molecular weight excluding hydrogens is 392 g/mol. The van der Waals surface area contributed by atoms with Crippen molar-refractivity contribution in [2.45, 2.75) is 51.4 Å². The second-order valence-corrected chi connectivity index (χ2v) is 9.72. The zero-order chi connectivity index (χ0) is 22.5. The Balaban J connectivity index is 1.57. The van der Waals surface area contributed by atoms with Gasteiger partial charge in [-0.05, 0) is 59.4 Å². The Morgan fingerprint density at radius 2 is 1.31 bits per heavy atom. The molecule has 0 N–H and O–H groups in total. The highest BCUT2D eigenvalue weighted by molar-refractivity contribution is 5.81. The second-order valence-electron chi connectivity index (χ2n) is 9.72. The summed E-state index contributed by atoms with van der Waals surface area (Å²) in [6.07, 6.45) is 7.25. The number of rotatable bonds is 4. The van der Waals surface area contributed by atoms with Gasteiger partial charge in [0.05, 0.1) is 0 Å². The van der Waals surface area contributed by atoms with E-state index < -0.39 is 0 Å². The Labute approximate surface area is 189 Å². The van der Waals surface area contributed by atoms with E-state index in [-0.39, 0.29) is 16.7 Å². The van der Waals surface area contributed by atoms with Gasteiger partial charge in [-0.25, -0.2) is 19.9 Å². The van der Waals surface area contributed by atoms with Crippen molar-refractivity contribution in [2.24, 2.45) is 0 Å². The highest BCUT2D eigenvalue weighted by Gasteiger charge is 2.37. The van der Waals surface area contributed by atoms with Gasteiger partial charge in [-0.1, -0.05) is 57.2 Å². The monoisotopic (exact) mass is 420 g/mol. The molecular formula is C28H28N4. The van der Waals surface area contributed by atoms with Gasteiger partial charge in [0.25, 0.3) is 0 Å². The Bertz CT molecular complexity index is 1280.